The summed E-state index contributed by atoms with van der Waals surface area (Å²) in [5.74, 6) is 0. The summed E-state index contributed by atoms with van der Waals surface area (Å²) >= 11 is 3.52. The number of halogens is 1. The van der Waals surface area contributed by atoms with Gasteiger partial charge in [0.15, 0.2) is 0 Å². The molecule has 0 N–H and O–H groups in total. The van der Waals surface area contributed by atoms with Gasteiger partial charge in [0.1, 0.15) is 20.0 Å². The molecule has 0 spiro atoms. The maximum Gasteiger partial charge on any atom is 0.139 e. The van der Waals surface area contributed by atoms with Crippen molar-refractivity contribution in [3.63, 3.8) is 0 Å². The fourth-order valence-corrected chi connectivity index (χ4v) is 3.81. The summed E-state index contributed by atoms with van der Waals surface area (Å²) < 4.78 is 1.30. The van der Waals surface area contributed by atoms with Gasteiger partial charge in [0.25, 0.3) is 0 Å². The van der Waals surface area contributed by atoms with Crippen LogP contribution in [0.3, 0.4) is 0 Å². The van der Waals surface area contributed by atoms with Crippen molar-refractivity contribution in [3.8, 4) is 0 Å². The molecule has 4 aliphatic heterocycles. The SMILES string of the molecule is BrCCCC[N+]12CN3CN(CN(C3)C1)C2. The number of nitrogens with zero attached hydrogens (tertiary/aromatic N) is 4. The summed E-state index contributed by atoms with van der Waals surface area (Å²) in [5, 5.41) is 1.16. The second-order valence-corrected chi connectivity index (χ2v) is 6.12. The number of unbranched alkanes of at least 4 members (excludes halogenated alkanes) is 1. The van der Waals surface area contributed by atoms with Gasteiger partial charge in [0.05, 0.1) is 26.6 Å². The van der Waals surface area contributed by atoms with E-state index in [0.717, 1.165) is 5.33 Å². The zero-order valence-electron chi connectivity index (χ0n) is 9.24. The van der Waals surface area contributed by atoms with Gasteiger partial charge in [0, 0.05) is 5.33 Å². The van der Waals surface area contributed by atoms with E-state index in [9.17, 15) is 0 Å². The van der Waals surface area contributed by atoms with Gasteiger partial charge in [0.2, 0.25) is 0 Å². The molecule has 0 amide bonds. The van der Waals surface area contributed by atoms with Gasteiger partial charge in [-0.15, -0.1) is 0 Å². The number of alkyl halides is 1. The second-order valence-electron chi connectivity index (χ2n) is 5.32. The maximum absolute atomic E-state index is 3.52. The number of rotatable bonds is 4. The van der Waals surface area contributed by atoms with Crippen molar-refractivity contribution < 1.29 is 4.48 Å². The topological polar surface area (TPSA) is 9.72 Å². The van der Waals surface area contributed by atoms with Crippen molar-refractivity contribution in [3.05, 3.63) is 0 Å². The number of hydrogen-bond acceptors (Lipinski definition) is 3. The van der Waals surface area contributed by atoms with E-state index in [1.165, 1.54) is 63.9 Å². The Morgan fingerprint density at radius 1 is 0.867 bits per heavy atom. The average molecular weight is 276 g/mol. The van der Waals surface area contributed by atoms with E-state index in [0.29, 0.717) is 0 Å². The van der Waals surface area contributed by atoms with Gasteiger partial charge < -0.3 is 0 Å². The Morgan fingerprint density at radius 2 is 1.40 bits per heavy atom. The van der Waals surface area contributed by atoms with E-state index in [1.807, 2.05) is 0 Å². The van der Waals surface area contributed by atoms with Crippen LogP contribution in [0, 0.1) is 0 Å². The first-order valence-electron chi connectivity index (χ1n) is 5.88. The third kappa shape index (κ3) is 1.96. The standard InChI is InChI=1S/C10H20BrN4/c11-3-1-2-4-15-8-12-5-13(9-15)7-14(6-12)10-15/h1-10H2/q+1. The summed E-state index contributed by atoms with van der Waals surface area (Å²) in [6.07, 6.45) is 2.68. The minimum Gasteiger partial charge on any atom is -0.286 e. The molecule has 4 saturated heterocycles. The summed E-state index contributed by atoms with van der Waals surface area (Å²) in [5.41, 5.74) is 0. The maximum atomic E-state index is 3.52. The molecule has 0 radical (unpaired) electrons. The van der Waals surface area contributed by atoms with Crippen LogP contribution in [0.4, 0.5) is 0 Å². The van der Waals surface area contributed by atoms with E-state index >= 15 is 0 Å². The third-order valence-electron chi connectivity index (χ3n) is 3.72. The van der Waals surface area contributed by atoms with Crippen molar-refractivity contribution in [2.45, 2.75) is 12.8 Å². The van der Waals surface area contributed by atoms with E-state index in [-0.39, 0.29) is 0 Å². The predicted molar refractivity (Wildman–Crippen MR) is 62.9 cm³/mol. The molecule has 0 aromatic carbocycles. The predicted octanol–water partition coefficient (Wildman–Crippen LogP) is 0.670. The van der Waals surface area contributed by atoms with Crippen molar-refractivity contribution >= 4 is 15.9 Å². The highest BCUT2D eigenvalue weighted by molar-refractivity contribution is 9.09. The van der Waals surface area contributed by atoms with Crippen molar-refractivity contribution in [2.75, 3.05) is 51.9 Å². The molecule has 15 heavy (non-hydrogen) atoms. The van der Waals surface area contributed by atoms with Crippen molar-refractivity contribution in [1.82, 2.24) is 14.7 Å². The number of quaternary nitrogens is 1. The highest BCUT2D eigenvalue weighted by Gasteiger charge is 2.47. The van der Waals surface area contributed by atoms with Gasteiger partial charge in [-0.2, -0.15) is 0 Å². The van der Waals surface area contributed by atoms with Crippen LogP contribution in [0.15, 0.2) is 0 Å². The number of hydrogen-bond donors (Lipinski definition) is 0. The van der Waals surface area contributed by atoms with Crippen LogP contribution in [0.1, 0.15) is 12.8 Å². The highest BCUT2D eigenvalue weighted by Crippen LogP contribution is 2.28. The molecule has 0 unspecified atom stereocenters. The summed E-state index contributed by atoms with van der Waals surface area (Å²) in [7, 11) is 0. The molecule has 0 aromatic heterocycles. The smallest absolute Gasteiger partial charge is 0.139 e. The molecule has 0 atom stereocenters. The van der Waals surface area contributed by atoms with Crippen molar-refractivity contribution in [1.29, 1.82) is 0 Å². The molecule has 4 rings (SSSR count). The lowest BCUT2D eigenvalue weighted by molar-refractivity contribution is -0.980. The summed E-state index contributed by atoms with van der Waals surface area (Å²) in [6.45, 7) is 8.83. The van der Waals surface area contributed by atoms with Crippen LogP contribution >= 0.6 is 15.9 Å². The summed E-state index contributed by atoms with van der Waals surface area (Å²) in [6, 6.07) is 0. The monoisotopic (exact) mass is 275 g/mol. The van der Waals surface area contributed by atoms with Crippen molar-refractivity contribution in [2.24, 2.45) is 0 Å². The molecule has 0 aromatic rings. The molecule has 4 heterocycles. The molecule has 4 aliphatic rings. The summed E-state index contributed by atoms with van der Waals surface area (Å²) in [4.78, 5) is 7.76. The second kappa shape index (κ2) is 3.96. The Balaban J connectivity index is 1.65. The lowest BCUT2D eigenvalue weighted by Gasteiger charge is -2.60. The molecule has 0 saturated carbocycles. The Kier molecular flexibility index (Phi) is 2.77. The molecule has 5 heteroatoms. The molecule has 4 nitrogen and oxygen atoms in total. The largest absolute Gasteiger partial charge is 0.286 e. The van der Waals surface area contributed by atoms with Crippen LogP contribution in [0.25, 0.3) is 0 Å². The zero-order valence-corrected chi connectivity index (χ0v) is 10.8. The Hall–Kier alpha value is 0.320. The van der Waals surface area contributed by atoms with Crippen LogP contribution in [0.2, 0.25) is 0 Å². The molecular formula is C10H20BrN4+. The van der Waals surface area contributed by atoms with Crippen LogP contribution in [0.5, 0.6) is 0 Å². The lowest BCUT2D eigenvalue weighted by Crippen LogP contribution is -2.79. The highest BCUT2D eigenvalue weighted by atomic mass is 79.9. The first kappa shape index (κ1) is 10.5. The van der Waals surface area contributed by atoms with Gasteiger partial charge in [-0.1, -0.05) is 15.9 Å². The zero-order chi connectivity index (χ0) is 10.3. The van der Waals surface area contributed by atoms with Crippen LogP contribution in [-0.4, -0.2) is 71.1 Å². The van der Waals surface area contributed by atoms with E-state index < -0.39 is 0 Å². The molecule has 0 aliphatic carbocycles. The van der Waals surface area contributed by atoms with E-state index in [4.69, 9.17) is 0 Å². The van der Waals surface area contributed by atoms with E-state index in [1.54, 1.807) is 0 Å². The molecule has 86 valence electrons. The average Bonchev–Trinajstić information content (AvgIpc) is 2.15. The Morgan fingerprint density at radius 3 is 1.87 bits per heavy atom. The fourth-order valence-electron chi connectivity index (χ4n) is 3.41. The lowest BCUT2D eigenvalue weighted by atomic mass is 10.2. The van der Waals surface area contributed by atoms with Gasteiger partial charge in [-0.05, 0) is 12.8 Å². The first-order valence-corrected chi connectivity index (χ1v) is 7.00. The quantitative estimate of drug-likeness (QED) is 0.424. The van der Waals surface area contributed by atoms with Gasteiger partial charge >= 0.3 is 0 Å². The molecule has 4 fully saturated rings. The Labute approximate surface area is 100 Å². The fraction of sp³-hybridized carbons (Fsp3) is 1.00. The van der Waals surface area contributed by atoms with Crippen LogP contribution in [-0.2, 0) is 0 Å². The Bertz CT molecular complexity index is 210. The van der Waals surface area contributed by atoms with Crippen LogP contribution < -0.4 is 0 Å². The third-order valence-corrected chi connectivity index (χ3v) is 4.28. The van der Waals surface area contributed by atoms with Gasteiger partial charge in [-0.25, -0.2) is 14.7 Å². The normalized spacial score (nSPS) is 47.4. The molecular weight excluding hydrogens is 256 g/mol. The van der Waals surface area contributed by atoms with E-state index in [2.05, 4.69) is 30.6 Å². The first-order chi connectivity index (χ1) is 7.30. The molecule has 4 bridgehead atoms. The minimum atomic E-state index is 1.16. The van der Waals surface area contributed by atoms with Gasteiger partial charge in [-0.3, -0.25) is 4.48 Å². The minimum absolute atomic E-state index is 1.16.